The van der Waals surface area contributed by atoms with E-state index in [1.807, 2.05) is 18.5 Å². The van der Waals surface area contributed by atoms with Gasteiger partial charge in [0.1, 0.15) is 0 Å². The van der Waals surface area contributed by atoms with Gasteiger partial charge in [-0.15, -0.1) is 0 Å². The molecule has 96 valence electrons. The minimum Gasteiger partial charge on any atom is -0.310 e. The summed E-state index contributed by atoms with van der Waals surface area (Å²) in [5.41, 5.74) is 1.52. The first-order chi connectivity index (χ1) is 7.91. The summed E-state index contributed by atoms with van der Waals surface area (Å²) in [6.07, 6.45) is 3.74. The number of rotatable bonds is 6. The topological polar surface area (TPSA) is 28.2 Å². The zero-order chi connectivity index (χ0) is 12.9. The minimum absolute atomic E-state index is 0.278. The lowest BCUT2D eigenvalue weighted by atomic mass is 9.92. The lowest BCUT2D eigenvalue weighted by Crippen LogP contribution is -2.38. The van der Waals surface area contributed by atoms with Crippen molar-refractivity contribution >= 4 is 0 Å². The van der Waals surface area contributed by atoms with Crippen molar-refractivity contribution in [1.29, 1.82) is 0 Å². The molecule has 0 amide bonds. The van der Waals surface area contributed by atoms with E-state index in [4.69, 9.17) is 0 Å². The molecule has 0 aliphatic rings. The van der Waals surface area contributed by atoms with E-state index in [1.165, 1.54) is 5.56 Å². The van der Waals surface area contributed by atoms with Gasteiger partial charge in [0, 0.05) is 31.5 Å². The third-order valence-electron chi connectivity index (χ3n) is 2.82. The van der Waals surface area contributed by atoms with Gasteiger partial charge in [-0.3, -0.25) is 4.98 Å². The maximum Gasteiger partial charge on any atom is 0.0315 e. The molecule has 1 aromatic heterocycles. The molecule has 1 atom stereocenters. The summed E-state index contributed by atoms with van der Waals surface area (Å²) in [5.74, 6) is 0. The van der Waals surface area contributed by atoms with Crippen LogP contribution in [0.25, 0.3) is 0 Å². The summed E-state index contributed by atoms with van der Waals surface area (Å²) < 4.78 is 0. The number of pyridine rings is 1. The van der Waals surface area contributed by atoms with Crippen LogP contribution in [-0.4, -0.2) is 37.1 Å². The third kappa shape index (κ3) is 5.29. The Morgan fingerprint density at radius 1 is 1.41 bits per heavy atom. The molecule has 0 aliphatic heterocycles. The molecule has 1 N–H and O–H groups in total. The van der Waals surface area contributed by atoms with Crippen LogP contribution in [0, 0.1) is 5.41 Å². The molecule has 1 rings (SSSR count). The second kappa shape index (κ2) is 6.12. The quantitative estimate of drug-likeness (QED) is 0.820. The number of nitrogens with zero attached hydrogens (tertiary/aromatic N) is 2. The van der Waals surface area contributed by atoms with Crippen molar-refractivity contribution in [3.63, 3.8) is 0 Å². The van der Waals surface area contributed by atoms with E-state index in [0.717, 1.165) is 13.1 Å². The summed E-state index contributed by atoms with van der Waals surface area (Å²) in [6.45, 7) is 8.84. The zero-order valence-corrected chi connectivity index (χ0v) is 11.7. The average molecular weight is 235 g/mol. The van der Waals surface area contributed by atoms with Gasteiger partial charge < -0.3 is 10.2 Å². The molecule has 0 aromatic carbocycles. The van der Waals surface area contributed by atoms with Crippen molar-refractivity contribution in [3.8, 4) is 0 Å². The molecule has 0 saturated heterocycles. The number of hydrogen-bond acceptors (Lipinski definition) is 3. The molecule has 0 fully saturated rings. The molecule has 0 radical (unpaired) electrons. The van der Waals surface area contributed by atoms with Crippen molar-refractivity contribution in [2.75, 3.05) is 27.2 Å². The summed E-state index contributed by atoms with van der Waals surface area (Å²) >= 11 is 0. The first kappa shape index (κ1) is 14.1. The maximum absolute atomic E-state index is 4.15. The molecular weight excluding hydrogens is 210 g/mol. The van der Waals surface area contributed by atoms with Crippen molar-refractivity contribution in [2.45, 2.75) is 26.8 Å². The van der Waals surface area contributed by atoms with E-state index in [2.05, 4.69) is 56.1 Å². The van der Waals surface area contributed by atoms with E-state index in [9.17, 15) is 0 Å². The fourth-order valence-electron chi connectivity index (χ4n) is 2.09. The van der Waals surface area contributed by atoms with Crippen LogP contribution in [0.4, 0.5) is 0 Å². The van der Waals surface area contributed by atoms with Crippen LogP contribution < -0.4 is 5.32 Å². The average Bonchev–Trinajstić information content (AvgIpc) is 2.25. The monoisotopic (exact) mass is 235 g/mol. The van der Waals surface area contributed by atoms with Gasteiger partial charge in [-0.25, -0.2) is 0 Å². The van der Waals surface area contributed by atoms with Gasteiger partial charge >= 0.3 is 0 Å². The Balaban J connectivity index is 2.45. The highest BCUT2D eigenvalue weighted by Gasteiger charge is 2.19. The number of nitrogens with one attached hydrogen (secondary N) is 1. The Morgan fingerprint density at radius 2 is 2.12 bits per heavy atom. The van der Waals surface area contributed by atoms with Crippen LogP contribution in [0.1, 0.15) is 32.4 Å². The predicted molar refractivity (Wildman–Crippen MR) is 73.0 cm³/mol. The highest BCUT2D eigenvalue weighted by Crippen LogP contribution is 2.17. The molecule has 1 heterocycles. The summed E-state index contributed by atoms with van der Waals surface area (Å²) in [6, 6.07) is 4.45. The fourth-order valence-corrected chi connectivity index (χ4v) is 2.09. The van der Waals surface area contributed by atoms with E-state index >= 15 is 0 Å². The second-order valence-corrected chi connectivity index (χ2v) is 5.79. The molecular formula is C14H25N3. The highest BCUT2D eigenvalue weighted by molar-refractivity contribution is 5.12. The molecule has 0 bridgehead atoms. The van der Waals surface area contributed by atoms with Gasteiger partial charge in [-0.05, 0) is 38.1 Å². The van der Waals surface area contributed by atoms with Crippen LogP contribution in [0.15, 0.2) is 24.5 Å². The van der Waals surface area contributed by atoms with Gasteiger partial charge in [0.2, 0.25) is 0 Å². The SMILES string of the molecule is CC(NCC(C)(C)CN(C)C)c1cccnc1. The Bertz CT molecular complexity index is 319. The number of aromatic nitrogens is 1. The lowest BCUT2D eigenvalue weighted by Gasteiger charge is -2.30. The van der Waals surface area contributed by atoms with Crippen LogP contribution in [0.5, 0.6) is 0 Å². The maximum atomic E-state index is 4.15. The van der Waals surface area contributed by atoms with Crippen LogP contribution in [-0.2, 0) is 0 Å². The molecule has 0 saturated carbocycles. The Kier molecular flexibility index (Phi) is 5.09. The number of hydrogen-bond donors (Lipinski definition) is 1. The fraction of sp³-hybridized carbons (Fsp3) is 0.643. The first-order valence-electron chi connectivity index (χ1n) is 6.19. The van der Waals surface area contributed by atoms with E-state index in [0.29, 0.717) is 6.04 Å². The first-order valence-corrected chi connectivity index (χ1v) is 6.19. The highest BCUT2D eigenvalue weighted by atomic mass is 15.1. The van der Waals surface area contributed by atoms with Gasteiger partial charge in [-0.1, -0.05) is 19.9 Å². The molecule has 0 aliphatic carbocycles. The van der Waals surface area contributed by atoms with Crippen molar-refractivity contribution < 1.29 is 0 Å². The minimum atomic E-state index is 0.278. The van der Waals surface area contributed by atoms with Crippen LogP contribution in [0.3, 0.4) is 0 Å². The van der Waals surface area contributed by atoms with Crippen LogP contribution in [0.2, 0.25) is 0 Å². The molecule has 3 nitrogen and oxygen atoms in total. The molecule has 1 aromatic rings. The second-order valence-electron chi connectivity index (χ2n) is 5.79. The van der Waals surface area contributed by atoms with Gasteiger partial charge in [0.25, 0.3) is 0 Å². The third-order valence-corrected chi connectivity index (χ3v) is 2.82. The largest absolute Gasteiger partial charge is 0.310 e. The standard InChI is InChI=1S/C14H25N3/c1-12(13-7-6-8-15-9-13)16-10-14(2,3)11-17(4)5/h6-9,12,16H,10-11H2,1-5H3. The smallest absolute Gasteiger partial charge is 0.0315 e. The Hall–Kier alpha value is -0.930. The van der Waals surface area contributed by atoms with Crippen LogP contribution >= 0.6 is 0 Å². The normalized spacial score (nSPS) is 14.0. The van der Waals surface area contributed by atoms with E-state index in [1.54, 1.807) is 0 Å². The molecule has 1 unspecified atom stereocenters. The van der Waals surface area contributed by atoms with Gasteiger partial charge in [0.05, 0.1) is 0 Å². The molecule has 3 heteroatoms. The Labute approximate surface area is 105 Å². The summed E-state index contributed by atoms with van der Waals surface area (Å²) in [5, 5.41) is 3.58. The van der Waals surface area contributed by atoms with E-state index < -0.39 is 0 Å². The summed E-state index contributed by atoms with van der Waals surface area (Å²) in [7, 11) is 4.23. The molecule has 17 heavy (non-hydrogen) atoms. The predicted octanol–water partition coefficient (Wildman–Crippen LogP) is 2.32. The van der Waals surface area contributed by atoms with Crippen molar-refractivity contribution in [1.82, 2.24) is 15.2 Å². The zero-order valence-electron chi connectivity index (χ0n) is 11.7. The lowest BCUT2D eigenvalue weighted by molar-refractivity contribution is 0.227. The van der Waals surface area contributed by atoms with E-state index in [-0.39, 0.29) is 5.41 Å². The Morgan fingerprint density at radius 3 is 2.65 bits per heavy atom. The van der Waals surface area contributed by atoms with Crippen molar-refractivity contribution in [3.05, 3.63) is 30.1 Å². The summed E-state index contributed by atoms with van der Waals surface area (Å²) in [4.78, 5) is 6.38. The van der Waals surface area contributed by atoms with Gasteiger partial charge in [-0.2, -0.15) is 0 Å². The van der Waals surface area contributed by atoms with Crippen molar-refractivity contribution in [2.24, 2.45) is 5.41 Å². The molecule has 0 spiro atoms. The van der Waals surface area contributed by atoms with Gasteiger partial charge in [0.15, 0.2) is 0 Å².